The van der Waals surface area contributed by atoms with Crippen LogP contribution in [-0.2, 0) is 23.8 Å². The molecule has 10 nitrogen and oxygen atoms in total. The minimum atomic E-state index is -1.37. The zero-order valence-corrected chi connectivity index (χ0v) is 22.6. The van der Waals surface area contributed by atoms with E-state index in [4.69, 9.17) is 14.2 Å². The van der Waals surface area contributed by atoms with E-state index in [0.717, 1.165) is 31.1 Å². The summed E-state index contributed by atoms with van der Waals surface area (Å²) < 4.78 is 16.9. The molecule has 1 saturated heterocycles. The minimum Gasteiger partial charge on any atom is -0.458 e. The molecule has 0 aromatic carbocycles. The lowest BCUT2D eigenvalue weighted by Gasteiger charge is -2.63. The van der Waals surface area contributed by atoms with Gasteiger partial charge in [-0.05, 0) is 75.2 Å². The van der Waals surface area contributed by atoms with Crippen LogP contribution < -0.4 is 0 Å². The summed E-state index contributed by atoms with van der Waals surface area (Å²) in [7, 11) is 0. The Labute approximate surface area is 228 Å². The first-order valence-electron chi connectivity index (χ1n) is 14.5. The van der Waals surface area contributed by atoms with Crippen molar-refractivity contribution in [3.63, 3.8) is 0 Å². The molecule has 2 heterocycles. The second-order valence-corrected chi connectivity index (χ2v) is 13.4. The quantitative estimate of drug-likeness (QED) is 0.190. The third kappa shape index (κ3) is 3.93. The van der Waals surface area contributed by atoms with Gasteiger partial charge in [-0.25, -0.2) is 4.79 Å². The molecule has 5 N–H and O–H groups in total. The van der Waals surface area contributed by atoms with E-state index in [9.17, 15) is 35.1 Å². The minimum absolute atomic E-state index is 0.0253. The molecule has 5 fully saturated rings. The van der Waals surface area contributed by atoms with E-state index in [2.05, 4.69) is 0 Å². The van der Waals surface area contributed by atoms with Crippen LogP contribution in [0.2, 0.25) is 0 Å². The molecule has 6 aliphatic rings. The Bertz CT molecular complexity index is 1030. The summed E-state index contributed by atoms with van der Waals surface area (Å²) >= 11 is 0. The molecule has 10 heteroatoms. The normalized spacial score (nSPS) is 55.2. The molecule has 0 amide bonds. The largest absolute Gasteiger partial charge is 0.458 e. The highest BCUT2D eigenvalue weighted by Crippen LogP contribution is 2.69. The molecule has 0 radical (unpaired) electrons. The van der Waals surface area contributed by atoms with Crippen LogP contribution in [0.15, 0.2) is 11.6 Å². The summed E-state index contributed by atoms with van der Waals surface area (Å²) in [4.78, 5) is 24.7. The lowest BCUT2D eigenvalue weighted by Crippen LogP contribution is -2.63. The van der Waals surface area contributed by atoms with Gasteiger partial charge in [0, 0.05) is 29.2 Å². The zero-order chi connectivity index (χ0) is 27.9. The lowest BCUT2D eigenvalue weighted by molar-refractivity contribution is -0.309. The Morgan fingerprint density at radius 2 is 1.79 bits per heavy atom. The standard InChI is InChI=1S/C29H42O10/c1-14-23(33)24(34)25(35)26(38-14)39-17-5-8-28(13-30)16(10-17)3-4-19-18(28)6-7-27(2)22(15-9-21(32)37-12-15)20(31)11-29(19,27)36/h9,13-14,16-20,22-26,31,33-36H,3-8,10-12H2,1-2H3/t14-,16+,17-,18-,19+,20+,22-,23-,24+,25+,26+,27+,28+,29-/m0/s1. The molecule has 218 valence electrons. The molecule has 0 spiro atoms. The van der Waals surface area contributed by atoms with Gasteiger partial charge in [-0.3, -0.25) is 0 Å². The van der Waals surface area contributed by atoms with Gasteiger partial charge in [0.15, 0.2) is 6.29 Å². The van der Waals surface area contributed by atoms with E-state index in [1.165, 1.54) is 6.08 Å². The topological polar surface area (TPSA) is 163 Å². The number of carbonyl (C=O) groups excluding carboxylic acids is 2. The Morgan fingerprint density at radius 1 is 1.03 bits per heavy atom. The molecule has 4 aliphatic carbocycles. The van der Waals surface area contributed by atoms with Crippen molar-refractivity contribution in [1.29, 1.82) is 0 Å². The van der Waals surface area contributed by atoms with Crippen LogP contribution in [-0.4, -0.2) is 92.9 Å². The molecular formula is C29H42O10. The van der Waals surface area contributed by atoms with Gasteiger partial charge in [-0.1, -0.05) is 6.92 Å². The lowest BCUT2D eigenvalue weighted by atomic mass is 9.43. The smallest absolute Gasteiger partial charge is 0.331 e. The van der Waals surface area contributed by atoms with Gasteiger partial charge in [0.25, 0.3) is 0 Å². The average molecular weight is 551 g/mol. The Hall–Kier alpha value is -1.40. The number of aldehydes is 1. The van der Waals surface area contributed by atoms with E-state index in [1.54, 1.807) is 6.92 Å². The second kappa shape index (κ2) is 9.58. The van der Waals surface area contributed by atoms with Gasteiger partial charge in [0.05, 0.1) is 23.9 Å². The molecule has 39 heavy (non-hydrogen) atoms. The molecule has 0 unspecified atom stereocenters. The third-order valence-electron chi connectivity index (χ3n) is 11.8. The molecular weight excluding hydrogens is 508 g/mol. The van der Waals surface area contributed by atoms with Gasteiger partial charge in [-0.2, -0.15) is 0 Å². The van der Waals surface area contributed by atoms with E-state index < -0.39 is 59.2 Å². The summed E-state index contributed by atoms with van der Waals surface area (Å²) in [6.07, 6.45) is 0.686. The van der Waals surface area contributed by atoms with E-state index in [1.807, 2.05) is 6.92 Å². The molecule has 14 atom stereocenters. The molecule has 4 saturated carbocycles. The van der Waals surface area contributed by atoms with Crippen LogP contribution in [0.25, 0.3) is 0 Å². The summed E-state index contributed by atoms with van der Waals surface area (Å²) in [6.45, 7) is 3.80. The van der Waals surface area contributed by atoms with Crippen molar-refractivity contribution in [2.45, 2.75) is 114 Å². The van der Waals surface area contributed by atoms with Crippen LogP contribution >= 0.6 is 0 Å². The number of carbonyl (C=O) groups is 2. The summed E-state index contributed by atoms with van der Waals surface area (Å²) in [5.74, 6) is -0.892. The van der Waals surface area contributed by atoms with E-state index >= 15 is 0 Å². The Morgan fingerprint density at radius 3 is 2.49 bits per heavy atom. The van der Waals surface area contributed by atoms with Gasteiger partial charge >= 0.3 is 5.97 Å². The first-order chi connectivity index (χ1) is 18.4. The molecule has 0 aromatic heterocycles. The molecule has 0 aromatic rings. The Kier molecular flexibility index (Phi) is 6.81. The molecule has 2 aliphatic heterocycles. The fourth-order valence-electron chi connectivity index (χ4n) is 9.82. The maximum atomic E-state index is 12.9. The molecule has 0 bridgehead atoms. The predicted molar refractivity (Wildman–Crippen MR) is 135 cm³/mol. The second-order valence-electron chi connectivity index (χ2n) is 13.4. The summed E-state index contributed by atoms with van der Waals surface area (Å²) in [6, 6.07) is 0. The number of fused-ring (bicyclic) bond motifs is 5. The summed E-state index contributed by atoms with van der Waals surface area (Å²) in [5, 5.41) is 54.1. The number of cyclic esters (lactones) is 1. The number of esters is 1. The van der Waals surface area contributed by atoms with Crippen LogP contribution in [0.4, 0.5) is 0 Å². The Balaban J connectivity index is 1.21. The van der Waals surface area contributed by atoms with Crippen molar-refractivity contribution in [1.82, 2.24) is 0 Å². The monoisotopic (exact) mass is 550 g/mol. The van der Waals surface area contributed by atoms with Crippen molar-refractivity contribution in [3.8, 4) is 0 Å². The number of hydrogen-bond donors (Lipinski definition) is 5. The van der Waals surface area contributed by atoms with Gasteiger partial charge in [-0.15, -0.1) is 0 Å². The third-order valence-corrected chi connectivity index (χ3v) is 11.8. The van der Waals surface area contributed by atoms with E-state index in [-0.39, 0.29) is 42.8 Å². The number of rotatable bonds is 4. The van der Waals surface area contributed by atoms with Crippen LogP contribution in [0.1, 0.15) is 65.2 Å². The fourth-order valence-corrected chi connectivity index (χ4v) is 9.82. The molecule has 6 rings (SSSR count). The van der Waals surface area contributed by atoms with Gasteiger partial charge in [0.1, 0.15) is 31.2 Å². The highest BCUT2D eigenvalue weighted by atomic mass is 16.7. The fraction of sp³-hybridized carbons (Fsp3) is 0.862. The maximum Gasteiger partial charge on any atom is 0.331 e. The maximum absolute atomic E-state index is 12.9. The highest BCUT2D eigenvalue weighted by Gasteiger charge is 2.70. The number of ether oxygens (including phenoxy) is 3. The highest BCUT2D eigenvalue weighted by molar-refractivity contribution is 5.85. The summed E-state index contributed by atoms with van der Waals surface area (Å²) in [5.41, 5.74) is -1.64. The van der Waals surface area contributed by atoms with Crippen LogP contribution in [0, 0.1) is 34.5 Å². The SMILES string of the molecule is C[C@@H]1O[C@H](O[C@H]2CC[C@@]3(C=O)[C@H](CC[C@@H]4[C@@H]3CC[C@]3(C)[C@@H](C5=CC(=O)OC5)[C@H](O)C[C@]43O)C2)[C@H](O)[C@H](O)[C@H]1O. The number of hydrogen-bond acceptors (Lipinski definition) is 10. The van der Waals surface area contributed by atoms with Gasteiger partial charge < -0.3 is 44.5 Å². The van der Waals surface area contributed by atoms with Crippen LogP contribution in [0.5, 0.6) is 0 Å². The number of aliphatic hydroxyl groups excluding tert-OH is 4. The average Bonchev–Trinajstić information content (AvgIpc) is 3.41. The first kappa shape index (κ1) is 27.8. The van der Waals surface area contributed by atoms with Gasteiger partial charge in [0.2, 0.25) is 0 Å². The van der Waals surface area contributed by atoms with E-state index in [0.29, 0.717) is 25.7 Å². The van der Waals surface area contributed by atoms with Crippen molar-refractivity contribution in [2.75, 3.05) is 6.61 Å². The van der Waals surface area contributed by atoms with Crippen molar-refractivity contribution in [3.05, 3.63) is 11.6 Å². The van der Waals surface area contributed by atoms with Crippen molar-refractivity contribution in [2.24, 2.45) is 34.5 Å². The predicted octanol–water partition coefficient (Wildman–Crippen LogP) is 0.606. The first-order valence-corrected chi connectivity index (χ1v) is 14.5. The number of aliphatic hydroxyl groups is 5. The zero-order valence-electron chi connectivity index (χ0n) is 22.6. The van der Waals surface area contributed by atoms with Crippen LogP contribution in [0.3, 0.4) is 0 Å². The van der Waals surface area contributed by atoms with Crippen molar-refractivity contribution >= 4 is 12.3 Å². The van der Waals surface area contributed by atoms with Crippen molar-refractivity contribution < 1.29 is 49.3 Å².